The number of nitrogens with zero attached hydrogens (tertiary/aromatic N) is 3. The van der Waals surface area contributed by atoms with Gasteiger partial charge in [0.25, 0.3) is 5.91 Å². The molecule has 0 aliphatic carbocycles. The van der Waals surface area contributed by atoms with E-state index in [9.17, 15) is 13.2 Å². The summed E-state index contributed by atoms with van der Waals surface area (Å²) >= 11 is 1.54. The van der Waals surface area contributed by atoms with Crippen LogP contribution in [0, 0.1) is 6.92 Å². The Balaban J connectivity index is 1.60. The molecular formula is C23H22N4O3S2. The van der Waals surface area contributed by atoms with Crippen molar-refractivity contribution in [2.75, 3.05) is 11.5 Å². The molecule has 1 atom stereocenters. The van der Waals surface area contributed by atoms with E-state index in [1.54, 1.807) is 11.3 Å². The van der Waals surface area contributed by atoms with Gasteiger partial charge in [0, 0.05) is 6.54 Å². The lowest BCUT2D eigenvalue weighted by atomic mass is 10.2. The van der Waals surface area contributed by atoms with Crippen molar-refractivity contribution >= 4 is 38.1 Å². The number of imidazole rings is 1. The summed E-state index contributed by atoms with van der Waals surface area (Å²) in [7, 11) is -3.07. The van der Waals surface area contributed by atoms with Crippen LogP contribution in [0.1, 0.15) is 34.3 Å². The van der Waals surface area contributed by atoms with E-state index in [1.165, 1.54) is 0 Å². The third kappa shape index (κ3) is 3.93. The lowest BCUT2D eigenvalue weighted by Gasteiger charge is -2.14. The maximum atomic E-state index is 13.2. The van der Waals surface area contributed by atoms with Gasteiger partial charge in [-0.2, -0.15) is 0 Å². The van der Waals surface area contributed by atoms with Crippen LogP contribution >= 0.6 is 11.3 Å². The number of pyridine rings is 1. The average Bonchev–Trinajstić information content (AvgIpc) is 3.50. The molecule has 1 aromatic carbocycles. The Morgan fingerprint density at radius 1 is 1.19 bits per heavy atom. The summed E-state index contributed by atoms with van der Waals surface area (Å²) < 4.78 is 26.2. The number of amides is 1. The maximum Gasteiger partial charge on any atom is 0.272 e. The number of aromatic nitrogens is 3. The Bertz CT molecular complexity index is 1390. The van der Waals surface area contributed by atoms with E-state index in [0.29, 0.717) is 30.0 Å². The number of sulfone groups is 1. The van der Waals surface area contributed by atoms with Gasteiger partial charge in [0.05, 0.1) is 33.6 Å². The molecule has 1 aliphatic rings. The summed E-state index contributed by atoms with van der Waals surface area (Å²) in [6.45, 7) is 2.23. The monoisotopic (exact) mass is 466 g/mol. The van der Waals surface area contributed by atoms with Crippen molar-refractivity contribution in [2.45, 2.75) is 25.9 Å². The van der Waals surface area contributed by atoms with Gasteiger partial charge < -0.3 is 9.88 Å². The van der Waals surface area contributed by atoms with Gasteiger partial charge in [-0.3, -0.25) is 4.79 Å². The maximum absolute atomic E-state index is 13.2. The molecular weight excluding hydrogens is 444 g/mol. The van der Waals surface area contributed by atoms with Gasteiger partial charge in [-0.25, -0.2) is 18.4 Å². The van der Waals surface area contributed by atoms with Gasteiger partial charge in [0.15, 0.2) is 15.5 Å². The van der Waals surface area contributed by atoms with E-state index in [2.05, 4.69) is 15.3 Å². The Hall–Kier alpha value is -3.04. The summed E-state index contributed by atoms with van der Waals surface area (Å²) in [6, 6.07) is 15.3. The molecule has 0 bridgehead atoms. The van der Waals surface area contributed by atoms with E-state index >= 15 is 0 Å². The molecule has 0 saturated carbocycles. The highest BCUT2D eigenvalue weighted by Gasteiger charge is 2.32. The van der Waals surface area contributed by atoms with Crippen molar-refractivity contribution in [3.05, 3.63) is 71.0 Å². The van der Waals surface area contributed by atoms with E-state index in [4.69, 9.17) is 0 Å². The molecule has 0 spiro atoms. The van der Waals surface area contributed by atoms with Gasteiger partial charge >= 0.3 is 0 Å². The number of rotatable bonds is 5. The fraction of sp³-hybridized carbons (Fsp3) is 0.261. The van der Waals surface area contributed by atoms with Gasteiger partial charge in [0.2, 0.25) is 0 Å². The quantitative estimate of drug-likeness (QED) is 0.483. The first kappa shape index (κ1) is 20.8. The van der Waals surface area contributed by atoms with Gasteiger partial charge in [-0.05, 0) is 36.4 Å². The van der Waals surface area contributed by atoms with Crippen LogP contribution in [-0.2, 0) is 16.4 Å². The van der Waals surface area contributed by atoms with Gasteiger partial charge in [-0.15, -0.1) is 11.3 Å². The minimum atomic E-state index is -3.07. The molecule has 3 aromatic heterocycles. The summed E-state index contributed by atoms with van der Waals surface area (Å²) in [5, 5.41) is 4.91. The highest BCUT2D eigenvalue weighted by atomic mass is 32.2. The second-order valence-electron chi connectivity index (χ2n) is 7.96. The lowest BCUT2D eigenvalue weighted by Crippen LogP contribution is -2.24. The number of hydrogen-bond acceptors (Lipinski definition) is 6. The Morgan fingerprint density at radius 2 is 2.00 bits per heavy atom. The molecule has 1 saturated heterocycles. The number of aryl methyl sites for hydroxylation is 1. The van der Waals surface area contributed by atoms with E-state index in [1.807, 2.05) is 65.4 Å². The third-order valence-corrected chi connectivity index (χ3v) is 8.36. The van der Waals surface area contributed by atoms with Crippen LogP contribution in [0.15, 0.2) is 53.9 Å². The van der Waals surface area contributed by atoms with Crippen molar-refractivity contribution in [3.63, 3.8) is 0 Å². The molecule has 9 heteroatoms. The third-order valence-electron chi connectivity index (χ3n) is 5.71. The van der Waals surface area contributed by atoms with Crippen LogP contribution in [-0.4, -0.2) is 40.4 Å². The largest absolute Gasteiger partial charge is 0.347 e. The standard InChI is InChI=1S/C23H22N4O3S2/c1-15-25-21-19(27(15)17-9-11-32(29,30)14-17)12-18(20-8-5-10-31-20)26-22(21)23(28)24-13-16-6-3-2-4-7-16/h2-8,10,12,17H,9,11,13-14H2,1H3,(H,24,28). The fourth-order valence-electron chi connectivity index (χ4n) is 4.22. The van der Waals surface area contributed by atoms with Gasteiger partial charge in [-0.1, -0.05) is 36.4 Å². The molecule has 32 heavy (non-hydrogen) atoms. The molecule has 4 aromatic rings. The minimum absolute atomic E-state index is 0.0888. The van der Waals surface area contributed by atoms with E-state index in [0.717, 1.165) is 16.0 Å². The second kappa shape index (κ2) is 8.14. The summed E-state index contributed by atoms with van der Waals surface area (Å²) in [4.78, 5) is 23.4. The first-order valence-corrected chi connectivity index (χ1v) is 13.1. The first-order chi connectivity index (χ1) is 15.4. The topological polar surface area (TPSA) is 93.9 Å². The highest BCUT2D eigenvalue weighted by molar-refractivity contribution is 7.91. The lowest BCUT2D eigenvalue weighted by molar-refractivity contribution is 0.0947. The van der Waals surface area contributed by atoms with Crippen molar-refractivity contribution < 1.29 is 13.2 Å². The van der Waals surface area contributed by atoms with Gasteiger partial charge in [0.1, 0.15) is 11.3 Å². The number of carbonyl (C=O) groups is 1. The highest BCUT2D eigenvalue weighted by Crippen LogP contribution is 2.33. The molecule has 1 amide bonds. The molecule has 7 nitrogen and oxygen atoms in total. The predicted molar refractivity (Wildman–Crippen MR) is 125 cm³/mol. The molecule has 164 valence electrons. The summed E-state index contributed by atoms with van der Waals surface area (Å²) in [6.07, 6.45) is 0.542. The van der Waals surface area contributed by atoms with Crippen molar-refractivity contribution in [2.24, 2.45) is 0 Å². The fourth-order valence-corrected chi connectivity index (χ4v) is 6.61. The Kier molecular flexibility index (Phi) is 5.30. The van der Waals surface area contributed by atoms with E-state index < -0.39 is 9.84 Å². The number of benzene rings is 1. The molecule has 4 heterocycles. The molecule has 5 rings (SSSR count). The number of thiophene rings is 1. The summed E-state index contributed by atoms with van der Waals surface area (Å²) in [5.74, 6) is 0.639. The molecule has 1 unspecified atom stereocenters. The predicted octanol–water partition coefficient (Wildman–Crippen LogP) is 3.76. The van der Waals surface area contributed by atoms with Crippen molar-refractivity contribution in [1.82, 2.24) is 19.9 Å². The SMILES string of the molecule is Cc1nc2c(C(=O)NCc3ccccc3)nc(-c3cccs3)cc2n1C1CCS(=O)(=O)C1. The zero-order valence-corrected chi connectivity index (χ0v) is 19.1. The van der Waals surface area contributed by atoms with Crippen LogP contribution in [0.25, 0.3) is 21.6 Å². The number of nitrogens with one attached hydrogen (secondary N) is 1. The van der Waals surface area contributed by atoms with Crippen molar-refractivity contribution in [1.29, 1.82) is 0 Å². The normalized spacial score (nSPS) is 17.6. The summed E-state index contributed by atoms with van der Waals surface area (Å²) in [5.41, 5.74) is 3.17. The molecule has 1 fully saturated rings. The Morgan fingerprint density at radius 3 is 2.69 bits per heavy atom. The van der Waals surface area contributed by atoms with Crippen molar-refractivity contribution in [3.8, 4) is 10.6 Å². The smallest absolute Gasteiger partial charge is 0.272 e. The average molecular weight is 467 g/mol. The number of carbonyl (C=O) groups excluding carboxylic acids is 1. The zero-order chi connectivity index (χ0) is 22.3. The minimum Gasteiger partial charge on any atom is -0.347 e. The first-order valence-electron chi connectivity index (χ1n) is 10.4. The van der Waals surface area contributed by atoms with E-state index in [-0.39, 0.29) is 29.1 Å². The van der Waals surface area contributed by atoms with Crippen LogP contribution in [0.2, 0.25) is 0 Å². The number of hydrogen-bond donors (Lipinski definition) is 1. The van der Waals surface area contributed by atoms with Crippen LogP contribution in [0.4, 0.5) is 0 Å². The Labute approximate surface area is 190 Å². The molecule has 0 radical (unpaired) electrons. The molecule has 1 N–H and O–H groups in total. The second-order valence-corrected chi connectivity index (χ2v) is 11.1. The van der Waals surface area contributed by atoms with Crippen LogP contribution < -0.4 is 5.32 Å². The zero-order valence-electron chi connectivity index (χ0n) is 17.5. The van der Waals surface area contributed by atoms with Crippen LogP contribution in [0.3, 0.4) is 0 Å². The number of fused-ring (bicyclic) bond motifs is 1. The molecule has 1 aliphatic heterocycles. The van der Waals surface area contributed by atoms with Crippen LogP contribution in [0.5, 0.6) is 0 Å².